The number of carbonyl (C=O) groups is 2. The van der Waals surface area contributed by atoms with Crippen LogP contribution in [0.2, 0.25) is 0 Å². The van der Waals surface area contributed by atoms with E-state index in [-0.39, 0.29) is 24.1 Å². The Morgan fingerprint density at radius 3 is 2.54 bits per heavy atom. The van der Waals surface area contributed by atoms with Crippen LogP contribution in [0.25, 0.3) is 0 Å². The van der Waals surface area contributed by atoms with Crippen molar-refractivity contribution in [3.05, 3.63) is 54.1 Å². The van der Waals surface area contributed by atoms with Crippen LogP contribution in [0.4, 0.5) is 14.5 Å². The molecule has 0 atom stereocenters. The van der Waals surface area contributed by atoms with E-state index < -0.39 is 11.6 Å². The molecule has 1 N–H and O–H groups in total. The van der Waals surface area contributed by atoms with Gasteiger partial charge in [0.1, 0.15) is 0 Å². The summed E-state index contributed by atoms with van der Waals surface area (Å²) in [4.78, 5) is 26.9. The SMILES string of the molecule is CSc1ccccc1NC(=O)CN(C)C(=O)CSc1ccc(F)c(F)c1. The number of hydrogen-bond acceptors (Lipinski definition) is 4. The highest BCUT2D eigenvalue weighted by atomic mass is 32.2. The summed E-state index contributed by atoms with van der Waals surface area (Å²) in [6.45, 7) is -0.0973. The molecule has 0 aliphatic carbocycles. The number of halogens is 2. The van der Waals surface area contributed by atoms with Crippen molar-refractivity contribution in [3.8, 4) is 0 Å². The van der Waals surface area contributed by atoms with Crippen molar-refractivity contribution in [1.29, 1.82) is 0 Å². The average molecular weight is 396 g/mol. The van der Waals surface area contributed by atoms with Crippen LogP contribution in [-0.4, -0.2) is 42.3 Å². The fourth-order valence-electron chi connectivity index (χ4n) is 2.06. The Bertz CT molecular complexity index is 803. The molecule has 138 valence electrons. The second-order valence-corrected chi connectivity index (χ2v) is 7.26. The van der Waals surface area contributed by atoms with E-state index in [2.05, 4.69) is 5.32 Å². The van der Waals surface area contributed by atoms with Crippen molar-refractivity contribution in [3.63, 3.8) is 0 Å². The summed E-state index contributed by atoms with van der Waals surface area (Å²) < 4.78 is 26.1. The Labute approximate surface area is 159 Å². The third kappa shape index (κ3) is 5.74. The molecular formula is C18H18F2N2O2S2. The van der Waals surface area contributed by atoms with Gasteiger partial charge in [0.15, 0.2) is 11.6 Å². The molecule has 0 bridgehead atoms. The van der Waals surface area contributed by atoms with Gasteiger partial charge in [0.25, 0.3) is 0 Å². The lowest BCUT2D eigenvalue weighted by Crippen LogP contribution is -2.36. The number of nitrogens with one attached hydrogen (secondary N) is 1. The third-order valence-electron chi connectivity index (χ3n) is 3.44. The van der Waals surface area contributed by atoms with Crippen molar-refractivity contribution in [1.82, 2.24) is 4.90 Å². The normalized spacial score (nSPS) is 10.5. The molecule has 2 rings (SSSR count). The van der Waals surface area contributed by atoms with E-state index in [1.54, 1.807) is 6.07 Å². The lowest BCUT2D eigenvalue weighted by atomic mass is 10.3. The maximum Gasteiger partial charge on any atom is 0.244 e. The topological polar surface area (TPSA) is 49.4 Å². The van der Waals surface area contributed by atoms with E-state index in [1.165, 1.54) is 29.8 Å². The molecule has 8 heteroatoms. The number of amides is 2. The van der Waals surface area contributed by atoms with Crippen LogP contribution >= 0.6 is 23.5 Å². The first-order chi connectivity index (χ1) is 12.4. The van der Waals surface area contributed by atoms with Crippen LogP contribution < -0.4 is 5.32 Å². The highest BCUT2D eigenvalue weighted by Crippen LogP contribution is 2.24. The number of likely N-dealkylation sites (N-methyl/N-ethyl adjacent to an activating group) is 1. The van der Waals surface area contributed by atoms with Crippen molar-refractivity contribution in [2.45, 2.75) is 9.79 Å². The first-order valence-corrected chi connectivity index (χ1v) is 9.86. The standard InChI is InChI=1S/C18H18F2N2O2S2/c1-22(10-17(23)21-15-5-3-4-6-16(15)25-2)18(24)11-26-12-7-8-13(19)14(20)9-12/h3-9H,10-11H2,1-2H3,(H,21,23). The van der Waals surface area contributed by atoms with Crippen LogP contribution in [0.1, 0.15) is 0 Å². The number of nitrogens with zero attached hydrogens (tertiary/aromatic N) is 1. The van der Waals surface area contributed by atoms with Gasteiger partial charge < -0.3 is 10.2 Å². The van der Waals surface area contributed by atoms with Crippen LogP contribution in [0.5, 0.6) is 0 Å². The lowest BCUT2D eigenvalue weighted by Gasteiger charge is -2.17. The maximum atomic E-state index is 13.2. The zero-order valence-corrected chi connectivity index (χ0v) is 15.9. The molecule has 2 aromatic carbocycles. The Morgan fingerprint density at radius 2 is 1.85 bits per heavy atom. The fourth-order valence-corrected chi connectivity index (χ4v) is 3.48. The zero-order valence-electron chi connectivity index (χ0n) is 14.3. The van der Waals surface area contributed by atoms with Gasteiger partial charge in [-0.2, -0.15) is 0 Å². The highest BCUT2D eigenvalue weighted by molar-refractivity contribution is 8.00. The molecule has 2 aromatic rings. The summed E-state index contributed by atoms with van der Waals surface area (Å²) in [5.41, 5.74) is 0.696. The predicted molar refractivity (Wildman–Crippen MR) is 102 cm³/mol. The van der Waals surface area contributed by atoms with E-state index in [1.807, 2.05) is 24.5 Å². The lowest BCUT2D eigenvalue weighted by molar-refractivity contribution is -0.131. The summed E-state index contributed by atoms with van der Waals surface area (Å²) >= 11 is 2.60. The maximum absolute atomic E-state index is 13.2. The van der Waals surface area contributed by atoms with Gasteiger partial charge in [-0.05, 0) is 36.6 Å². The van der Waals surface area contributed by atoms with Crippen molar-refractivity contribution >= 4 is 41.0 Å². The predicted octanol–water partition coefficient (Wildman–Crippen LogP) is 3.88. The number of para-hydroxylation sites is 1. The van der Waals surface area contributed by atoms with Gasteiger partial charge in [-0.25, -0.2) is 8.78 Å². The molecule has 0 aliphatic rings. The number of rotatable bonds is 7. The summed E-state index contributed by atoms with van der Waals surface area (Å²) in [6.07, 6.45) is 1.91. The van der Waals surface area contributed by atoms with Gasteiger partial charge in [0, 0.05) is 16.8 Å². The highest BCUT2D eigenvalue weighted by Gasteiger charge is 2.15. The van der Waals surface area contributed by atoms with Crippen LogP contribution in [0, 0.1) is 11.6 Å². The molecule has 4 nitrogen and oxygen atoms in total. The first kappa shape index (κ1) is 20.3. The van der Waals surface area contributed by atoms with Crippen molar-refractivity contribution < 1.29 is 18.4 Å². The minimum atomic E-state index is -0.956. The van der Waals surface area contributed by atoms with E-state index in [4.69, 9.17) is 0 Å². The van der Waals surface area contributed by atoms with Crippen molar-refractivity contribution in [2.24, 2.45) is 0 Å². The number of thioether (sulfide) groups is 2. The van der Waals surface area contributed by atoms with Crippen LogP contribution in [0.15, 0.2) is 52.3 Å². The van der Waals surface area contributed by atoms with Gasteiger partial charge >= 0.3 is 0 Å². The Balaban J connectivity index is 1.85. The van der Waals surface area contributed by atoms with E-state index in [0.29, 0.717) is 10.6 Å². The van der Waals surface area contributed by atoms with Gasteiger partial charge in [0.2, 0.25) is 11.8 Å². The molecule has 0 radical (unpaired) electrons. The minimum Gasteiger partial charge on any atom is -0.336 e. The quantitative estimate of drug-likeness (QED) is 0.722. The van der Waals surface area contributed by atoms with E-state index >= 15 is 0 Å². The smallest absolute Gasteiger partial charge is 0.244 e. The Morgan fingerprint density at radius 1 is 1.12 bits per heavy atom. The van der Waals surface area contributed by atoms with Crippen LogP contribution in [0.3, 0.4) is 0 Å². The molecule has 0 aromatic heterocycles. The second-order valence-electron chi connectivity index (χ2n) is 5.36. The number of carbonyl (C=O) groups excluding carboxylic acids is 2. The van der Waals surface area contributed by atoms with Crippen molar-refractivity contribution in [2.75, 3.05) is 30.9 Å². The summed E-state index contributed by atoms with van der Waals surface area (Å²) in [5.74, 6) is -2.45. The third-order valence-corrected chi connectivity index (χ3v) is 5.22. The van der Waals surface area contributed by atoms with Gasteiger partial charge in [0.05, 0.1) is 18.0 Å². The molecule has 0 saturated heterocycles. The molecular weight excluding hydrogens is 378 g/mol. The van der Waals surface area contributed by atoms with E-state index in [0.717, 1.165) is 28.8 Å². The summed E-state index contributed by atoms with van der Waals surface area (Å²) in [5, 5.41) is 2.78. The molecule has 2 amide bonds. The van der Waals surface area contributed by atoms with Crippen LogP contribution in [-0.2, 0) is 9.59 Å². The molecule has 0 spiro atoms. The average Bonchev–Trinajstić information content (AvgIpc) is 2.62. The number of benzene rings is 2. The molecule has 0 fully saturated rings. The molecule has 0 aliphatic heterocycles. The monoisotopic (exact) mass is 396 g/mol. The molecule has 0 unspecified atom stereocenters. The fraction of sp³-hybridized carbons (Fsp3) is 0.222. The molecule has 0 saturated carbocycles. The molecule has 26 heavy (non-hydrogen) atoms. The first-order valence-electron chi connectivity index (χ1n) is 7.65. The zero-order chi connectivity index (χ0) is 19.1. The largest absolute Gasteiger partial charge is 0.336 e. The second kappa shape index (κ2) is 9.59. The van der Waals surface area contributed by atoms with E-state index in [9.17, 15) is 18.4 Å². The Kier molecular flexibility index (Phi) is 7.47. The number of anilines is 1. The number of hydrogen-bond donors (Lipinski definition) is 1. The Hall–Kier alpha value is -2.06. The van der Waals surface area contributed by atoms with Gasteiger partial charge in [-0.1, -0.05) is 12.1 Å². The van der Waals surface area contributed by atoms with Gasteiger partial charge in [-0.15, -0.1) is 23.5 Å². The van der Waals surface area contributed by atoms with Gasteiger partial charge in [-0.3, -0.25) is 9.59 Å². The summed E-state index contributed by atoms with van der Waals surface area (Å²) in [6, 6.07) is 10.9. The summed E-state index contributed by atoms with van der Waals surface area (Å²) in [7, 11) is 1.52. The molecule has 0 heterocycles. The minimum absolute atomic E-state index is 0.0241.